The van der Waals surface area contributed by atoms with Gasteiger partial charge in [0.25, 0.3) is 0 Å². The van der Waals surface area contributed by atoms with Crippen molar-refractivity contribution in [3.8, 4) is 0 Å². The third kappa shape index (κ3) is 5.21. The average molecular weight is 433 g/mol. The molecule has 2 rings (SSSR count). The molecular weight excluding hydrogens is 411 g/mol. The molecule has 4 nitrogen and oxygen atoms in total. The SMILES string of the molecule is CN=C(NCc1cccc(Cl)c1)N(C)Cc1cccn1C.I. The molecule has 0 aliphatic carbocycles. The zero-order chi connectivity index (χ0) is 15.2. The Labute approximate surface area is 154 Å². The Kier molecular flexibility index (Phi) is 7.75. The van der Waals surface area contributed by atoms with Crippen LogP contribution in [0.3, 0.4) is 0 Å². The number of halogens is 2. The molecule has 0 amide bonds. The summed E-state index contributed by atoms with van der Waals surface area (Å²) in [4.78, 5) is 6.42. The van der Waals surface area contributed by atoms with Gasteiger partial charge in [-0.1, -0.05) is 23.7 Å². The van der Waals surface area contributed by atoms with E-state index in [4.69, 9.17) is 11.6 Å². The zero-order valence-electron chi connectivity index (χ0n) is 13.1. The Morgan fingerprint density at radius 2 is 2.09 bits per heavy atom. The van der Waals surface area contributed by atoms with Gasteiger partial charge in [-0.3, -0.25) is 4.99 Å². The summed E-state index contributed by atoms with van der Waals surface area (Å²) in [5, 5.41) is 4.10. The molecule has 0 aliphatic rings. The van der Waals surface area contributed by atoms with Gasteiger partial charge < -0.3 is 14.8 Å². The van der Waals surface area contributed by atoms with Gasteiger partial charge in [-0.2, -0.15) is 0 Å². The van der Waals surface area contributed by atoms with Gasteiger partial charge in [0.2, 0.25) is 0 Å². The van der Waals surface area contributed by atoms with Crippen LogP contribution in [0.2, 0.25) is 5.02 Å². The average Bonchev–Trinajstić information content (AvgIpc) is 2.85. The van der Waals surface area contributed by atoms with Crippen LogP contribution in [0.4, 0.5) is 0 Å². The largest absolute Gasteiger partial charge is 0.353 e. The maximum absolute atomic E-state index is 6.00. The maximum atomic E-state index is 6.00. The fourth-order valence-electron chi connectivity index (χ4n) is 2.19. The normalized spacial score (nSPS) is 11.0. The quantitative estimate of drug-likeness (QED) is 0.456. The molecule has 1 N–H and O–H groups in total. The van der Waals surface area contributed by atoms with E-state index in [1.807, 2.05) is 50.6 Å². The van der Waals surface area contributed by atoms with E-state index in [0.29, 0.717) is 6.54 Å². The smallest absolute Gasteiger partial charge is 0.194 e. The number of rotatable bonds is 4. The lowest BCUT2D eigenvalue weighted by Crippen LogP contribution is -2.38. The second-order valence-electron chi connectivity index (χ2n) is 5.00. The summed E-state index contributed by atoms with van der Waals surface area (Å²) in [6.45, 7) is 1.50. The van der Waals surface area contributed by atoms with Gasteiger partial charge in [0.05, 0.1) is 6.54 Å². The molecule has 0 saturated carbocycles. The van der Waals surface area contributed by atoms with Gasteiger partial charge in [-0.05, 0) is 29.8 Å². The summed E-state index contributed by atoms with van der Waals surface area (Å²) in [5.41, 5.74) is 2.37. The Morgan fingerprint density at radius 1 is 1.32 bits per heavy atom. The third-order valence-electron chi connectivity index (χ3n) is 3.36. The number of nitrogens with zero attached hydrogens (tertiary/aromatic N) is 3. The van der Waals surface area contributed by atoms with Gasteiger partial charge in [-0.15, -0.1) is 24.0 Å². The lowest BCUT2D eigenvalue weighted by atomic mass is 10.2. The van der Waals surface area contributed by atoms with Crippen molar-refractivity contribution < 1.29 is 0 Å². The fraction of sp³-hybridized carbons (Fsp3) is 0.312. The highest BCUT2D eigenvalue weighted by atomic mass is 127. The van der Waals surface area contributed by atoms with Gasteiger partial charge in [-0.25, -0.2) is 0 Å². The van der Waals surface area contributed by atoms with Crippen LogP contribution in [0.25, 0.3) is 0 Å². The van der Waals surface area contributed by atoms with Crippen molar-refractivity contribution in [1.82, 2.24) is 14.8 Å². The number of aromatic nitrogens is 1. The van der Waals surface area contributed by atoms with Crippen LogP contribution in [0.5, 0.6) is 0 Å². The van der Waals surface area contributed by atoms with Crippen LogP contribution in [0.15, 0.2) is 47.6 Å². The van der Waals surface area contributed by atoms with E-state index in [9.17, 15) is 0 Å². The third-order valence-corrected chi connectivity index (χ3v) is 3.60. The van der Waals surface area contributed by atoms with Crippen LogP contribution >= 0.6 is 35.6 Å². The maximum Gasteiger partial charge on any atom is 0.194 e. The minimum Gasteiger partial charge on any atom is -0.353 e. The minimum absolute atomic E-state index is 0. The van der Waals surface area contributed by atoms with E-state index < -0.39 is 0 Å². The lowest BCUT2D eigenvalue weighted by Gasteiger charge is -2.22. The molecule has 0 aliphatic heterocycles. The molecule has 0 fully saturated rings. The number of hydrogen-bond acceptors (Lipinski definition) is 1. The lowest BCUT2D eigenvalue weighted by molar-refractivity contribution is 0.461. The van der Waals surface area contributed by atoms with E-state index >= 15 is 0 Å². The summed E-state index contributed by atoms with van der Waals surface area (Å²) in [6.07, 6.45) is 2.05. The van der Waals surface area contributed by atoms with Gasteiger partial charge in [0, 0.05) is 44.6 Å². The van der Waals surface area contributed by atoms with Crippen molar-refractivity contribution in [3.63, 3.8) is 0 Å². The highest BCUT2D eigenvalue weighted by Crippen LogP contribution is 2.10. The molecule has 1 heterocycles. The summed E-state index contributed by atoms with van der Waals surface area (Å²) >= 11 is 6.00. The highest BCUT2D eigenvalue weighted by Gasteiger charge is 2.08. The van der Waals surface area contributed by atoms with E-state index in [1.165, 1.54) is 5.69 Å². The van der Waals surface area contributed by atoms with E-state index in [-0.39, 0.29) is 24.0 Å². The summed E-state index contributed by atoms with van der Waals surface area (Å²) in [7, 11) is 5.87. The first-order chi connectivity index (χ1) is 10.1. The van der Waals surface area contributed by atoms with E-state index in [2.05, 4.69) is 25.8 Å². The summed E-state index contributed by atoms with van der Waals surface area (Å²) in [6, 6.07) is 12.0. The molecular formula is C16H22ClIN4. The summed E-state index contributed by atoms with van der Waals surface area (Å²) < 4.78 is 2.11. The molecule has 2 aromatic rings. The van der Waals surface area contributed by atoms with Crippen LogP contribution in [0.1, 0.15) is 11.3 Å². The Morgan fingerprint density at radius 3 is 2.68 bits per heavy atom. The monoisotopic (exact) mass is 432 g/mol. The number of aryl methyl sites for hydroxylation is 1. The first kappa shape index (κ1) is 18.8. The number of guanidine groups is 1. The second-order valence-corrected chi connectivity index (χ2v) is 5.43. The van der Waals surface area contributed by atoms with Crippen LogP contribution in [-0.4, -0.2) is 29.5 Å². The Bertz CT molecular complexity index is 624. The molecule has 1 aromatic carbocycles. The van der Waals surface area contributed by atoms with Crippen molar-refractivity contribution in [3.05, 3.63) is 58.9 Å². The van der Waals surface area contributed by atoms with Crippen LogP contribution < -0.4 is 5.32 Å². The number of nitrogens with one attached hydrogen (secondary N) is 1. The molecule has 0 unspecified atom stereocenters. The Balaban J connectivity index is 0.00000242. The molecule has 0 bridgehead atoms. The topological polar surface area (TPSA) is 32.6 Å². The first-order valence-electron chi connectivity index (χ1n) is 6.86. The van der Waals surface area contributed by atoms with Gasteiger partial charge in [0.1, 0.15) is 0 Å². The van der Waals surface area contributed by atoms with Gasteiger partial charge in [0.15, 0.2) is 5.96 Å². The molecule has 0 radical (unpaired) electrons. The zero-order valence-corrected chi connectivity index (χ0v) is 16.2. The number of benzene rings is 1. The van der Waals surface area contributed by atoms with E-state index in [0.717, 1.165) is 23.1 Å². The molecule has 1 aromatic heterocycles. The minimum atomic E-state index is 0. The van der Waals surface area contributed by atoms with Crippen molar-refractivity contribution in [2.45, 2.75) is 13.1 Å². The molecule has 6 heteroatoms. The number of hydrogen-bond donors (Lipinski definition) is 1. The highest BCUT2D eigenvalue weighted by molar-refractivity contribution is 14.0. The molecule has 22 heavy (non-hydrogen) atoms. The standard InChI is InChI=1S/C16H21ClN4.HI/c1-18-16(19-11-13-6-4-7-14(17)10-13)21(3)12-15-8-5-9-20(15)2;/h4-10H,11-12H2,1-3H3,(H,18,19);1H. The van der Waals surface area contributed by atoms with Crippen molar-refractivity contribution in [2.75, 3.05) is 14.1 Å². The van der Waals surface area contributed by atoms with Gasteiger partial charge >= 0.3 is 0 Å². The summed E-state index contributed by atoms with van der Waals surface area (Å²) in [5.74, 6) is 0.858. The number of aliphatic imine (C=N–C) groups is 1. The van der Waals surface area contributed by atoms with Crippen molar-refractivity contribution in [1.29, 1.82) is 0 Å². The molecule has 0 spiro atoms. The molecule has 120 valence electrons. The Hall–Kier alpha value is -1.21. The van der Waals surface area contributed by atoms with Crippen molar-refractivity contribution >= 4 is 41.5 Å². The predicted octanol–water partition coefficient (Wildman–Crippen LogP) is 3.50. The predicted molar refractivity (Wildman–Crippen MR) is 104 cm³/mol. The second kappa shape index (κ2) is 9.05. The van der Waals surface area contributed by atoms with E-state index in [1.54, 1.807) is 7.05 Å². The fourth-order valence-corrected chi connectivity index (χ4v) is 2.40. The molecule has 0 saturated heterocycles. The van der Waals surface area contributed by atoms with Crippen molar-refractivity contribution in [2.24, 2.45) is 12.0 Å². The molecule has 0 atom stereocenters. The van der Waals surface area contributed by atoms with Crippen LogP contribution in [-0.2, 0) is 20.1 Å². The first-order valence-corrected chi connectivity index (χ1v) is 7.24. The van der Waals surface area contributed by atoms with Crippen LogP contribution in [0, 0.1) is 0 Å².